The molecule has 0 spiro atoms. The minimum Gasteiger partial charge on any atom is -0.354 e. The third-order valence-electron chi connectivity index (χ3n) is 11.8. The molecular formula is C58H40N4. The van der Waals surface area contributed by atoms with Crippen LogP contribution in [0.1, 0.15) is 27.8 Å². The van der Waals surface area contributed by atoms with E-state index in [9.17, 15) is 5.41 Å². The Morgan fingerprint density at radius 1 is 0.435 bits per heavy atom. The highest BCUT2D eigenvalue weighted by Crippen LogP contribution is 2.42. The molecular weight excluding hydrogens is 753 g/mol. The Balaban J connectivity index is 1.14. The van der Waals surface area contributed by atoms with Crippen LogP contribution in [0.5, 0.6) is 0 Å². The standard InChI is InChI=1S/C58H40N4/c59-57(42-25-11-4-12-26-42)56(41-23-9-3-10-24-41)58-49-32-18-31-46(50(49)38-53(61-58)40-21-7-2-8-22-40)44-36-51(39-19-5-1-6-20-39)60-52(37-44)43-27-17-28-45(35-43)62-54-33-15-13-29-47(54)48-30-14-16-34-55(48)62/h1-38,59,61H/b58-56-,59-57?. The van der Waals surface area contributed by atoms with E-state index in [2.05, 4.69) is 180 Å². The highest BCUT2D eigenvalue weighted by atomic mass is 15.0. The van der Waals surface area contributed by atoms with Crippen molar-refractivity contribution in [2.45, 2.75) is 0 Å². The Morgan fingerprint density at radius 2 is 0.952 bits per heavy atom. The van der Waals surface area contributed by atoms with Crippen LogP contribution in [-0.2, 0) is 0 Å². The Hall–Kier alpha value is -8.34. The van der Waals surface area contributed by atoms with Crippen molar-refractivity contribution in [1.82, 2.24) is 14.9 Å². The number of fused-ring (bicyclic) bond motifs is 4. The molecule has 0 fully saturated rings. The molecule has 62 heavy (non-hydrogen) atoms. The van der Waals surface area contributed by atoms with Gasteiger partial charge in [0, 0.05) is 50.0 Å². The lowest BCUT2D eigenvalue weighted by atomic mass is 9.85. The lowest BCUT2D eigenvalue weighted by Crippen LogP contribution is -2.20. The van der Waals surface area contributed by atoms with Gasteiger partial charge in [-0.3, -0.25) is 5.41 Å². The molecule has 0 unspecified atom stereocenters. The number of benzene rings is 8. The first-order valence-electron chi connectivity index (χ1n) is 21.0. The van der Waals surface area contributed by atoms with Crippen LogP contribution in [0, 0.1) is 5.41 Å². The zero-order valence-corrected chi connectivity index (χ0v) is 33.8. The number of nitrogens with zero attached hydrogens (tertiary/aromatic N) is 2. The number of aromatic nitrogens is 2. The lowest BCUT2D eigenvalue weighted by Gasteiger charge is -2.28. The SMILES string of the molecule is N=C(/C(=C1\NC(c2ccccc2)=Cc2c1cccc2-c1cc(-c2ccccc2)nc(-c2cccc(-n3c4ccccc4c4ccccc43)c2)c1)c1ccccc1)c1ccccc1. The largest absolute Gasteiger partial charge is 0.354 e. The molecule has 0 bridgehead atoms. The zero-order valence-electron chi connectivity index (χ0n) is 33.8. The first-order chi connectivity index (χ1) is 30.7. The second kappa shape index (κ2) is 15.7. The van der Waals surface area contributed by atoms with Crippen LogP contribution in [0.4, 0.5) is 0 Å². The second-order valence-electron chi connectivity index (χ2n) is 15.6. The Labute approximate surface area is 361 Å². The second-order valence-corrected chi connectivity index (χ2v) is 15.6. The molecule has 1 aliphatic heterocycles. The first kappa shape index (κ1) is 36.7. The zero-order chi connectivity index (χ0) is 41.4. The van der Waals surface area contributed by atoms with E-state index >= 15 is 0 Å². The molecule has 0 radical (unpaired) electrons. The Morgan fingerprint density at radius 3 is 1.61 bits per heavy atom. The predicted octanol–water partition coefficient (Wildman–Crippen LogP) is 14.2. The van der Waals surface area contributed by atoms with E-state index in [0.717, 1.165) is 84.1 Å². The van der Waals surface area contributed by atoms with E-state index in [1.165, 1.54) is 21.8 Å². The fourth-order valence-corrected chi connectivity index (χ4v) is 8.91. The summed E-state index contributed by atoms with van der Waals surface area (Å²) >= 11 is 0. The van der Waals surface area contributed by atoms with Gasteiger partial charge in [0.15, 0.2) is 0 Å². The van der Waals surface area contributed by atoms with Crippen molar-refractivity contribution < 1.29 is 0 Å². The first-order valence-corrected chi connectivity index (χ1v) is 21.0. The average molecular weight is 793 g/mol. The Kier molecular flexibility index (Phi) is 9.29. The highest BCUT2D eigenvalue weighted by molar-refractivity contribution is 6.36. The summed E-state index contributed by atoms with van der Waals surface area (Å²) in [5.74, 6) is 0. The predicted molar refractivity (Wildman–Crippen MR) is 259 cm³/mol. The van der Waals surface area contributed by atoms with Gasteiger partial charge in [-0.05, 0) is 70.3 Å². The highest BCUT2D eigenvalue weighted by Gasteiger charge is 2.26. The number of pyridine rings is 1. The normalized spacial score (nSPS) is 13.0. The fourth-order valence-electron chi connectivity index (χ4n) is 8.91. The van der Waals surface area contributed by atoms with Crippen LogP contribution in [0.25, 0.3) is 84.2 Å². The Bertz CT molecular complexity index is 3310. The van der Waals surface area contributed by atoms with E-state index in [1.54, 1.807) is 0 Å². The summed E-state index contributed by atoms with van der Waals surface area (Å²) in [6.07, 6.45) is 2.27. The molecule has 0 saturated heterocycles. The van der Waals surface area contributed by atoms with Gasteiger partial charge >= 0.3 is 0 Å². The summed E-state index contributed by atoms with van der Waals surface area (Å²) in [6, 6.07) is 78.2. The van der Waals surface area contributed by atoms with Crippen LogP contribution in [-0.4, -0.2) is 15.3 Å². The monoisotopic (exact) mass is 792 g/mol. The van der Waals surface area contributed by atoms with Crippen molar-refractivity contribution in [3.05, 3.63) is 252 Å². The van der Waals surface area contributed by atoms with Crippen LogP contribution in [0.3, 0.4) is 0 Å². The van der Waals surface area contributed by atoms with Gasteiger partial charge in [-0.2, -0.15) is 0 Å². The molecule has 11 rings (SSSR count). The molecule has 292 valence electrons. The van der Waals surface area contributed by atoms with Crippen molar-refractivity contribution in [1.29, 1.82) is 5.41 Å². The van der Waals surface area contributed by atoms with E-state index in [4.69, 9.17) is 4.98 Å². The lowest BCUT2D eigenvalue weighted by molar-refractivity contribution is 1.18. The van der Waals surface area contributed by atoms with Crippen LogP contribution in [0.2, 0.25) is 0 Å². The minimum absolute atomic E-state index is 0.450. The molecule has 0 saturated carbocycles. The number of hydrogen-bond donors (Lipinski definition) is 2. The summed E-state index contributed by atoms with van der Waals surface area (Å²) in [5, 5.41) is 16.1. The number of nitrogens with one attached hydrogen (secondary N) is 2. The molecule has 10 aromatic rings. The summed E-state index contributed by atoms with van der Waals surface area (Å²) in [7, 11) is 0. The van der Waals surface area contributed by atoms with Gasteiger partial charge in [0.05, 0.1) is 33.8 Å². The van der Waals surface area contributed by atoms with Crippen molar-refractivity contribution in [3.8, 4) is 39.3 Å². The van der Waals surface area contributed by atoms with Gasteiger partial charge in [-0.25, -0.2) is 4.98 Å². The molecule has 3 heterocycles. The third kappa shape index (κ3) is 6.61. The van der Waals surface area contributed by atoms with Gasteiger partial charge in [-0.15, -0.1) is 0 Å². The van der Waals surface area contributed by atoms with Crippen LogP contribution >= 0.6 is 0 Å². The average Bonchev–Trinajstić information content (AvgIpc) is 3.69. The van der Waals surface area contributed by atoms with Gasteiger partial charge in [0.1, 0.15) is 0 Å². The van der Waals surface area contributed by atoms with E-state index in [1.807, 2.05) is 60.7 Å². The number of para-hydroxylation sites is 2. The third-order valence-corrected chi connectivity index (χ3v) is 11.8. The maximum Gasteiger partial charge on any atom is 0.0716 e. The molecule has 1 aliphatic rings. The number of allylic oxidation sites excluding steroid dienone is 1. The van der Waals surface area contributed by atoms with Crippen LogP contribution < -0.4 is 5.32 Å². The van der Waals surface area contributed by atoms with Crippen molar-refractivity contribution >= 4 is 50.6 Å². The van der Waals surface area contributed by atoms with Gasteiger partial charge in [0.25, 0.3) is 0 Å². The summed E-state index contributed by atoms with van der Waals surface area (Å²) in [5.41, 5.74) is 17.5. The van der Waals surface area contributed by atoms with Crippen molar-refractivity contribution in [3.63, 3.8) is 0 Å². The molecule has 4 nitrogen and oxygen atoms in total. The fraction of sp³-hybridized carbons (Fsp3) is 0. The number of hydrogen-bond acceptors (Lipinski definition) is 3. The van der Waals surface area contributed by atoms with Gasteiger partial charge in [0.2, 0.25) is 0 Å². The van der Waals surface area contributed by atoms with Crippen molar-refractivity contribution in [2.24, 2.45) is 0 Å². The summed E-state index contributed by atoms with van der Waals surface area (Å²) in [4.78, 5) is 5.39. The topological polar surface area (TPSA) is 53.7 Å². The maximum atomic E-state index is 9.77. The summed E-state index contributed by atoms with van der Waals surface area (Å²) in [6.45, 7) is 0. The van der Waals surface area contributed by atoms with Crippen molar-refractivity contribution in [2.75, 3.05) is 0 Å². The van der Waals surface area contributed by atoms with Crippen LogP contribution in [0.15, 0.2) is 224 Å². The smallest absolute Gasteiger partial charge is 0.0716 e. The summed E-state index contributed by atoms with van der Waals surface area (Å²) < 4.78 is 2.36. The van der Waals surface area contributed by atoms with E-state index < -0.39 is 0 Å². The molecule has 0 amide bonds. The molecule has 8 aromatic carbocycles. The van der Waals surface area contributed by atoms with E-state index in [0.29, 0.717) is 5.71 Å². The molecule has 0 atom stereocenters. The van der Waals surface area contributed by atoms with Gasteiger partial charge in [-0.1, -0.05) is 188 Å². The molecule has 2 aromatic heterocycles. The molecule has 4 heteroatoms. The maximum absolute atomic E-state index is 9.77. The van der Waals surface area contributed by atoms with E-state index in [-0.39, 0.29) is 0 Å². The minimum atomic E-state index is 0.450. The molecule has 2 N–H and O–H groups in total. The molecule has 0 aliphatic carbocycles. The number of rotatable bonds is 8. The van der Waals surface area contributed by atoms with Gasteiger partial charge < -0.3 is 9.88 Å². The quantitative estimate of drug-likeness (QED) is 0.151.